The first-order chi connectivity index (χ1) is 13.4. The molecule has 1 aliphatic rings. The number of likely N-dealkylation sites (N-methyl/N-ethyl adjacent to an activating group) is 1. The van der Waals surface area contributed by atoms with Gasteiger partial charge >= 0.3 is 0 Å². The summed E-state index contributed by atoms with van der Waals surface area (Å²) in [5.41, 5.74) is 0.428. The smallest absolute Gasteiger partial charge is 0.253 e. The Morgan fingerprint density at radius 2 is 1.68 bits per heavy atom. The van der Waals surface area contributed by atoms with Gasteiger partial charge in [0, 0.05) is 18.7 Å². The number of ether oxygens (including phenoxy) is 2. The van der Waals surface area contributed by atoms with Gasteiger partial charge in [-0.05, 0) is 61.4 Å². The molecule has 1 saturated carbocycles. The lowest BCUT2D eigenvalue weighted by atomic mass is 10.2. The van der Waals surface area contributed by atoms with Crippen LogP contribution >= 0.6 is 0 Å². The van der Waals surface area contributed by atoms with Gasteiger partial charge in [0.25, 0.3) is 5.91 Å². The van der Waals surface area contributed by atoms with Gasteiger partial charge in [0.2, 0.25) is 10.0 Å². The zero-order valence-electron chi connectivity index (χ0n) is 15.9. The average molecular weight is 404 g/mol. The number of methoxy groups -OCH3 is 1. The molecule has 28 heavy (non-hydrogen) atoms. The zero-order valence-corrected chi connectivity index (χ0v) is 16.7. The van der Waals surface area contributed by atoms with Gasteiger partial charge in [0.1, 0.15) is 18.1 Å². The highest BCUT2D eigenvalue weighted by Crippen LogP contribution is 2.22. The Hall–Kier alpha value is -2.58. The average Bonchev–Trinajstić information content (AvgIpc) is 3.51. The van der Waals surface area contributed by atoms with Crippen molar-refractivity contribution in [1.29, 1.82) is 0 Å². The van der Waals surface area contributed by atoms with E-state index in [1.54, 1.807) is 38.4 Å². The third-order valence-electron chi connectivity index (χ3n) is 4.41. The second kappa shape index (κ2) is 8.62. The summed E-state index contributed by atoms with van der Waals surface area (Å²) in [7, 11) is -0.235. The van der Waals surface area contributed by atoms with E-state index >= 15 is 0 Å². The number of amides is 1. The van der Waals surface area contributed by atoms with Crippen molar-refractivity contribution in [3.63, 3.8) is 0 Å². The maximum atomic E-state index is 12.5. The highest BCUT2D eigenvalue weighted by molar-refractivity contribution is 7.89. The lowest BCUT2D eigenvalue weighted by Crippen LogP contribution is -2.31. The molecule has 0 heterocycles. The third kappa shape index (κ3) is 5.24. The summed E-state index contributed by atoms with van der Waals surface area (Å²) in [6.45, 7) is 0.737. The van der Waals surface area contributed by atoms with Crippen LogP contribution in [-0.4, -0.2) is 52.6 Å². The second-order valence-corrected chi connectivity index (χ2v) is 8.38. The lowest BCUT2D eigenvalue weighted by Gasteiger charge is -2.18. The van der Waals surface area contributed by atoms with E-state index in [0.29, 0.717) is 24.5 Å². The molecule has 8 heteroatoms. The van der Waals surface area contributed by atoms with Crippen molar-refractivity contribution in [3.8, 4) is 11.5 Å². The van der Waals surface area contributed by atoms with Crippen LogP contribution in [0.5, 0.6) is 11.5 Å². The molecule has 0 aromatic heterocycles. The molecule has 0 atom stereocenters. The van der Waals surface area contributed by atoms with Crippen molar-refractivity contribution in [1.82, 2.24) is 9.62 Å². The third-order valence-corrected chi connectivity index (χ3v) is 5.95. The normalized spacial score (nSPS) is 13.8. The summed E-state index contributed by atoms with van der Waals surface area (Å²) >= 11 is 0. The number of carbonyl (C=O) groups excluding carboxylic acids is 1. The fourth-order valence-corrected chi connectivity index (χ4v) is 3.86. The van der Waals surface area contributed by atoms with Gasteiger partial charge < -0.3 is 14.4 Å². The van der Waals surface area contributed by atoms with Crippen LogP contribution in [0.3, 0.4) is 0 Å². The molecule has 0 spiro atoms. The van der Waals surface area contributed by atoms with E-state index in [9.17, 15) is 13.2 Å². The molecule has 1 N–H and O–H groups in total. The van der Waals surface area contributed by atoms with Crippen molar-refractivity contribution in [2.75, 3.05) is 27.3 Å². The van der Waals surface area contributed by atoms with Crippen LogP contribution < -0.4 is 14.2 Å². The van der Waals surface area contributed by atoms with Crippen LogP contribution in [0, 0.1) is 0 Å². The highest BCUT2D eigenvalue weighted by Gasteiger charge is 2.28. The summed E-state index contributed by atoms with van der Waals surface area (Å²) in [5.74, 6) is 1.24. The maximum absolute atomic E-state index is 12.5. The Balaban J connectivity index is 1.52. The van der Waals surface area contributed by atoms with Gasteiger partial charge in [-0.15, -0.1) is 0 Å². The Labute approximate surface area is 165 Å². The predicted octanol–water partition coefficient (Wildman–Crippen LogP) is 2.29. The predicted molar refractivity (Wildman–Crippen MR) is 105 cm³/mol. The molecule has 2 aromatic rings. The lowest BCUT2D eigenvalue weighted by molar-refractivity contribution is 0.0773. The van der Waals surface area contributed by atoms with Gasteiger partial charge in [0.05, 0.1) is 18.6 Å². The van der Waals surface area contributed by atoms with Gasteiger partial charge in [-0.3, -0.25) is 4.79 Å². The van der Waals surface area contributed by atoms with Crippen LogP contribution in [0.2, 0.25) is 0 Å². The number of benzene rings is 2. The van der Waals surface area contributed by atoms with E-state index in [-0.39, 0.29) is 16.8 Å². The molecule has 0 radical (unpaired) electrons. The van der Waals surface area contributed by atoms with E-state index in [0.717, 1.165) is 18.6 Å². The van der Waals surface area contributed by atoms with Crippen molar-refractivity contribution in [3.05, 3.63) is 54.1 Å². The molecular weight excluding hydrogens is 380 g/mol. The Bertz CT molecular complexity index is 907. The van der Waals surface area contributed by atoms with Crippen LogP contribution in [-0.2, 0) is 10.0 Å². The van der Waals surface area contributed by atoms with Gasteiger partial charge in [-0.25, -0.2) is 13.1 Å². The first-order valence-electron chi connectivity index (χ1n) is 9.04. The number of hydrogen-bond donors (Lipinski definition) is 1. The Morgan fingerprint density at radius 3 is 2.25 bits per heavy atom. The van der Waals surface area contributed by atoms with Crippen molar-refractivity contribution < 1.29 is 22.7 Å². The molecule has 1 amide bonds. The minimum Gasteiger partial charge on any atom is -0.497 e. The fourth-order valence-electron chi connectivity index (χ4n) is 2.56. The number of rotatable bonds is 9. The molecule has 7 nitrogen and oxygen atoms in total. The molecule has 0 aliphatic heterocycles. The van der Waals surface area contributed by atoms with Crippen molar-refractivity contribution >= 4 is 15.9 Å². The summed E-state index contributed by atoms with van der Waals surface area (Å²) in [5, 5.41) is 0. The maximum Gasteiger partial charge on any atom is 0.253 e. The second-order valence-electron chi connectivity index (χ2n) is 6.67. The fraction of sp³-hybridized carbons (Fsp3) is 0.350. The topological polar surface area (TPSA) is 84.9 Å². The molecule has 2 aromatic carbocycles. The van der Waals surface area contributed by atoms with E-state index < -0.39 is 10.0 Å². The summed E-state index contributed by atoms with van der Waals surface area (Å²) < 4.78 is 37.7. The SMILES string of the molecule is COc1ccc(OCCN(C)C(=O)c2ccc(S(=O)(=O)NC3CC3)cc2)cc1. The van der Waals surface area contributed by atoms with Crippen LogP contribution in [0.25, 0.3) is 0 Å². The molecule has 1 aliphatic carbocycles. The molecule has 0 bridgehead atoms. The van der Waals surface area contributed by atoms with Gasteiger partial charge in [-0.2, -0.15) is 0 Å². The van der Waals surface area contributed by atoms with Crippen LogP contribution in [0.1, 0.15) is 23.2 Å². The monoisotopic (exact) mass is 404 g/mol. The van der Waals surface area contributed by atoms with Crippen LogP contribution in [0.4, 0.5) is 0 Å². The highest BCUT2D eigenvalue weighted by atomic mass is 32.2. The first-order valence-corrected chi connectivity index (χ1v) is 10.5. The summed E-state index contributed by atoms with van der Waals surface area (Å²) in [4.78, 5) is 14.2. The van der Waals surface area contributed by atoms with E-state index in [1.165, 1.54) is 29.2 Å². The Morgan fingerprint density at radius 1 is 1.07 bits per heavy atom. The molecular formula is C20H24N2O5S. The Kier molecular flexibility index (Phi) is 6.21. The summed E-state index contributed by atoms with van der Waals surface area (Å²) in [6.07, 6.45) is 1.75. The van der Waals surface area contributed by atoms with E-state index in [2.05, 4.69) is 4.72 Å². The first kappa shape index (κ1) is 20.2. The summed E-state index contributed by atoms with van der Waals surface area (Å²) in [6, 6.07) is 13.2. The molecule has 0 saturated heterocycles. The number of sulfonamides is 1. The number of carbonyl (C=O) groups is 1. The van der Waals surface area contributed by atoms with E-state index in [1.807, 2.05) is 0 Å². The quantitative estimate of drug-likeness (QED) is 0.693. The van der Waals surface area contributed by atoms with E-state index in [4.69, 9.17) is 9.47 Å². The van der Waals surface area contributed by atoms with Crippen LogP contribution in [0.15, 0.2) is 53.4 Å². The van der Waals surface area contributed by atoms with Gasteiger partial charge in [0.15, 0.2) is 0 Å². The minimum absolute atomic E-state index is 0.0446. The number of nitrogens with zero attached hydrogens (tertiary/aromatic N) is 1. The largest absolute Gasteiger partial charge is 0.497 e. The van der Waals surface area contributed by atoms with Crippen molar-refractivity contribution in [2.24, 2.45) is 0 Å². The zero-order chi connectivity index (χ0) is 20.1. The molecule has 3 rings (SSSR count). The minimum atomic E-state index is -3.51. The number of nitrogens with one attached hydrogen (secondary N) is 1. The number of hydrogen-bond acceptors (Lipinski definition) is 5. The molecule has 1 fully saturated rings. The van der Waals surface area contributed by atoms with Crippen molar-refractivity contribution in [2.45, 2.75) is 23.8 Å². The molecule has 150 valence electrons. The standard InChI is InChI=1S/C20H24N2O5S/c1-22(13-14-27-18-9-7-17(26-2)8-10-18)20(23)15-3-11-19(12-4-15)28(24,25)21-16-5-6-16/h3-4,7-12,16,21H,5-6,13-14H2,1-2H3. The van der Waals surface area contributed by atoms with Gasteiger partial charge in [-0.1, -0.05) is 0 Å². The molecule has 0 unspecified atom stereocenters.